The second kappa shape index (κ2) is 5.17. The number of carboxylic acid groups (broad SMARTS) is 1. The van der Waals surface area contributed by atoms with E-state index >= 15 is 0 Å². The highest BCUT2D eigenvalue weighted by Gasteiger charge is 2.15. The Bertz CT molecular complexity index is 747. The molecule has 0 bridgehead atoms. The molecule has 0 spiro atoms. The lowest BCUT2D eigenvalue weighted by molar-refractivity contribution is 0.0701. The average molecular weight is 294 g/mol. The van der Waals surface area contributed by atoms with E-state index in [9.17, 15) is 19.5 Å². The van der Waals surface area contributed by atoms with Crippen molar-refractivity contribution in [1.29, 1.82) is 0 Å². The van der Waals surface area contributed by atoms with Gasteiger partial charge in [-0.05, 0) is 18.6 Å². The van der Waals surface area contributed by atoms with Crippen LogP contribution >= 0.6 is 11.3 Å². The molecule has 104 valence electrons. The monoisotopic (exact) mass is 294 g/mol. The average Bonchev–Trinajstić information content (AvgIpc) is 2.69. The second-order valence-electron chi connectivity index (χ2n) is 4.00. The van der Waals surface area contributed by atoms with Crippen LogP contribution < -0.4 is 10.9 Å². The lowest BCUT2D eigenvalue weighted by Crippen LogP contribution is -2.15. The standard InChI is InChI=1S/C12H10N2O5S/c1-5-2-9(20-10(5)12(18)19)14-11(17)6-3-7(15)13-8(16)4-6/h2-4H,1H3,(H,14,17)(H,18,19)(H2,13,15,16). The van der Waals surface area contributed by atoms with E-state index in [4.69, 9.17) is 5.11 Å². The zero-order valence-electron chi connectivity index (χ0n) is 10.3. The number of nitrogens with one attached hydrogen (secondary N) is 2. The third kappa shape index (κ3) is 2.86. The number of carbonyl (C=O) groups is 2. The summed E-state index contributed by atoms with van der Waals surface area (Å²) in [7, 11) is 0. The lowest BCUT2D eigenvalue weighted by atomic mass is 10.2. The quantitative estimate of drug-likeness (QED) is 0.682. The molecule has 2 heterocycles. The van der Waals surface area contributed by atoms with Crippen molar-refractivity contribution in [1.82, 2.24) is 4.98 Å². The number of aryl methyl sites for hydroxylation is 1. The van der Waals surface area contributed by atoms with Crippen molar-refractivity contribution in [2.24, 2.45) is 0 Å². The van der Waals surface area contributed by atoms with Gasteiger partial charge in [0.15, 0.2) is 5.88 Å². The Labute approximate surface area is 116 Å². The van der Waals surface area contributed by atoms with Gasteiger partial charge < -0.3 is 15.5 Å². The van der Waals surface area contributed by atoms with Crippen LogP contribution in [0.25, 0.3) is 0 Å². The summed E-state index contributed by atoms with van der Waals surface area (Å²) in [6.45, 7) is 1.62. The van der Waals surface area contributed by atoms with Crippen molar-refractivity contribution in [3.8, 4) is 5.88 Å². The summed E-state index contributed by atoms with van der Waals surface area (Å²) in [5.41, 5.74) is -0.0931. The van der Waals surface area contributed by atoms with Gasteiger partial charge in [-0.2, -0.15) is 0 Å². The predicted molar refractivity (Wildman–Crippen MR) is 72.7 cm³/mol. The summed E-state index contributed by atoms with van der Waals surface area (Å²) in [6.07, 6.45) is 0. The second-order valence-corrected chi connectivity index (χ2v) is 5.05. The number of aromatic amines is 1. The Morgan fingerprint density at radius 1 is 1.30 bits per heavy atom. The Kier molecular flexibility index (Phi) is 3.57. The molecule has 4 N–H and O–H groups in total. The first-order valence-corrected chi connectivity index (χ1v) is 6.27. The van der Waals surface area contributed by atoms with Gasteiger partial charge in [0.1, 0.15) is 4.88 Å². The zero-order chi connectivity index (χ0) is 14.9. The Morgan fingerprint density at radius 2 is 2.00 bits per heavy atom. The van der Waals surface area contributed by atoms with E-state index in [0.29, 0.717) is 10.6 Å². The fourth-order valence-electron chi connectivity index (χ4n) is 1.60. The molecular weight excluding hydrogens is 284 g/mol. The fourth-order valence-corrected chi connectivity index (χ4v) is 2.51. The number of anilines is 1. The van der Waals surface area contributed by atoms with Crippen LogP contribution in [0.1, 0.15) is 25.6 Å². The van der Waals surface area contributed by atoms with Gasteiger partial charge in [0.05, 0.1) is 10.6 Å². The maximum atomic E-state index is 11.9. The first-order chi connectivity index (χ1) is 9.36. The molecule has 0 aliphatic carbocycles. The number of carbonyl (C=O) groups excluding carboxylic acids is 1. The molecule has 2 aromatic heterocycles. The molecule has 0 aromatic carbocycles. The van der Waals surface area contributed by atoms with Crippen molar-refractivity contribution >= 4 is 28.2 Å². The molecule has 0 atom stereocenters. The van der Waals surface area contributed by atoms with Crippen LogP contribution in [0.5, 0.6) is 5.88 Å². The molecule has 0 fully saturated rings. The van der Waals surface area contributed by atoms with Gasteiger partial charge in [0.2, 0.25) is 0 Å². The van der Waals surface area contributed by atoms with E-state index in [-0.39, 0.29) is 10.4 Å². The predicted octanol–water partition coefficient (Wildman–Crippen LogP) is 1.40. The number of hydrogen-bond donors (Lipinski definition) is 4. The molecule has 7 nitrogen and oxygen atoms in total. The molecule has 8 heteroatoms. The Hall–Kier alpha value is -2.61. The van der Waals surface area contributed by atoms with Crippen LogP contribution in [0.2, 0.25) is 0 Å². The molecule has 0 aliphatic heterocycles. The van der Waals surface area contributed by atoms with Crippen molar-refractivity contribution in [3.05, 3.63) is 44.6 Å². The van der Waals surface area contributed by atoms with Gasteiger partial charge in [-0.15, -0.1) is 11.3 Å². The van der Waals surface area contributed by atoms with E-state index < -0.39 is 23.3 Å². The summed E-state index contributed by atoms with van der Waals surface area (Å²) in [6, 6.07) is 3.67. The highest BCUT2D eigenvalue weighted by atomic mass is 32.1. The number of aromatic nitrogens is 1. The Morgan fingerprint density at radius 3 is 2.55 bits per heavy atom. The number of hydrogen-bond acceptors (Lipinski definition) is 5. The fraction of sp³-hybridized carbons (Fsp3) is 0.0833. The summed E-state index contributed by atoms with van der Waals surface area (Å²) < 4.78 is 0. The number of pyridine rings is 1. The molecule has 2 aromatic rings. The van der Waals surface area contributed by atoms with E-state index in [2.05, 4.69) is 10.3 Å². The van der Waals surface area contributed by atoms with Crippen molar-refractivity contribution in [2.45, 2.75) is 6.92 Å². The molecule has 0 aliphatic rings. The number of thiophene rings is 1. The molecule has 20 heavy (non-hydrogen) atoms. The smallest absolute Gasteiger partial charge is 0.346 e. The van der Waals surface area contributed by atoms with Crippen LogP contribution in [0, 0.1) is 6.92 Å². The number of rotatable bonds is 3. The van der Waals surface area contributed by atoms with Crippen molar-refractivity contribution in [3.63, 3.8) is 0 Å². The number of amides is 1. The molecule has 0 saturated heterocycles. The minimum absolute atomic E-state index is 0.0193. The number of aromatic carboxylic acids is 1. The van der Waals surface area contributed by atoms with Crippen LogP contribution in [-0.2, 0) is 0 Å². The van der Waals surface area contributed by atoms with E-state index in [0.717, 1.165) is 23.5 Å². The molecule has 1 amide bonds. The van der Waals surface area contributed by atoms with Crippen LogP contribution in [0.4, 0.5) is 5.00 Å². The number of aromatic hydroxyl groups is 1. The van der Waals surface area contributed by atoms with Crippen LogP contribution in [0.3, 0.4) is 0 Å². The van der Waals surface area contributed by atoms with Gasteiger partial charge in [-0.1, -0.05) is 0 Å². The van der Waals surface area contributed by atoms with Crippen LogP contribution in [0.15, 0.2) is 23.0 Å². The summed E-state index contributed by atoms with van der Waals surface area (Å²) in [4.78, 5) is 36.2. The lowest BCUT2D eigenvalue weighted by Gasteiger charge is -2.02. The van der Waals surface area contributed by atoms with E-state index in [1.807, 2.05) is 0 Å². The normalized spacial score (nSPS) is 10.2. The van der Waals surface area contributed by atoms with Gasteiger partial charge in [-0.3, -0.25) is 14.6 Å². The Balaban J connectivity index is 2.25. The topological polar surface area (TPSA) is 119 Å². The largest absolute Gasteiger partial charge is 0.494 e. The number of carboxylic acids is 1. The van der Waals surface area contributed by atoms with Gasteiger partial charge in [-0.25, -0.2) is 4.79 Å². The first kappa shape index (κ1) is 13.8. The maximum absolute atomic E-state index is 11.9. The third-order valence-electron chi connectivity index (χ3n) is 2.44. The molecular formula is C12H10N2O5S. The molecule has 0 saturated carbocycles. The van der Waals surface area contributed by atoms with Gasteiger partial charge >= 0.3 is 5.97 Å². The number of H-pyrrole nitrogens is 1. The van der Waals surface area contributed by atoms with Crippen molar-refractivity contribution < 1.29 is 19.8 Å². The summed E-state index contributed by atoms with van der Waals surface area (Å²) in [5, 5.41) is 21.0. The van der Waals surface area contributed by atoms with Crippen molar-refractivity contribution in [2.75, 3.05) is 5.32 Å². The SMILES string of the molecule is Cc1cc(NC(=O)c2cc(O)[nH]c(=O)c2)sc1C(=O)O. The van der Waals surface area contributed by atoms with Crippen LogP contribution in [-0.4, -0.2) is 27.1 Å². The summed E-state index contributed by atoms with van der Waals surface area (Å²) in [5.74, 6) is -2.09. The molecule has 0 radical (unpaired) electrons. The van der Waals surface area contributed by atoms with Gasteiger partial charge in [0, 0.05) is 12.1 Å². The van der Waals surface area contributed by atoms with E-state index in [1.165, 1.54) is 6.07 Å². The minimum Gasteiger partial charge on any atom is -0.494 e. The highest BCUT2D eigenvalue weighted by Crippen LogP contribution is 2.27. The first-order valence-electron chi connectivity index (χ1n) is 5.45. The third-order valence-corrected chi connectivity index (χ3v) is 3.58. The summed E-state index contributed by atoms with van der Waals surface area (Å²) >= 11 is 0.919. The minimum atomic E-state index is -1.07. The van der Waals surface area contributed by atoms with E-state index in [1.54, 1.807) is 6.92 Å². The van der Waals surface area contributed by atoms with Gasteiger partial charge in [0.25, 0.3) is 11.5 Å². The molecule has 0 unspecified atom stereocenters. The maximum Gasteiger partial charge on any atom is 0.346 e. The molecule has 2 rings (SSSR count). The highest BCUT2D eigenvalue weighted by molar-refractivity contribution is 7.18. The zero-order valence-corrected chi connectivity index (χ0v) is 11.1.